The molecule has 1 N–H and O–H groups in total. The molecule has 1 fully saturated rings. The van der Waals surface area contributed by atoms with Gasteiger partial charge in [-0.3, -0.25) is 0 Å². The van der Waals surface area contributed by atoms with Crippen molar-refractivity contribution in [3.63, 3.8) is 0 Å². The van der Waals surface area contributed by atoms with E-state index in [4.69, 9.17) is 4.74 Å². The van der Waals surface area contributed by atoms with E-state index in [9.17, 15) is 4.39 Å². The van der Waals surface area contributed by atoms with E-state index in [0.717, 1.165) is 18.5 Å². The zero-order chi connectivity index (χ0) is 10.8. The molecule has 3 heteroatoms. The first-order valence-electron chi connectivity index (χ1n) is 5.25. The maximum absolute atomic E-state index is 13.2. The summed E-state index contributed by atoms with van der Waals surface area (Å²) in [5.41, 5.74) is 1.59. The monoisotopic (exact) mass is 209 g/mol. The molecule has 1 aromatic rings. The first-order valence-corrected chi connectivity index (χ1v) is 5.25. The molecule has 2 rings (SSSR count). The largest absolute Gasteiger partial charge is 0.382 e. The highest BCUT2D eigenvalue weighted by molar-refractivity contribution is 5.52. The molecule has 1 aliphatic rings. The molecular formula is C12H16FNO. The fourth-order valence-electron chi connectivity index (χ4n) is 1.86. The highest BCUT2D eigenvalue weighted by atomic mass is 19.1. The Morgan fingerprint density at radius 3 is 2.80 bits per heavy atom. The third-order valence-corrected chi connectivity index (χ3v) is 3.06. The van der Waals surface area contributed by atoms with Crippen LogP contribution in [0.2, 0.25) is 0 Å². The second kappa shape index (κ2) is 4.19. The summed E-state index contributed by atoms with van der Waals surface area (Å²) >= 11 is 0. The first-order chi connectivity index (χ1) is 7.20. The summed E-state index contributed by atoms with van der Waals surface area (Å²) in [7, 11) is 1.73. The second-order valence-electron chi connectivity index (χ2n) is 4.08. The topological polar surface area (TPSA) is 21.3 Å². The first kappa shape index (κ1) is 10.4. The lowest BCUT2D eigenvalue weighted by atomic mass is 9.89. The molecule has 0 spiro atoms. The summed E-state index contributed by atoms with van der Waals surface area (Å²) in [6.07, 6.45) is 2.38. The van der Waals surface area contributed by atoms with Crippen LogP contribution in [-0.2, 0) is 4.74 Å². The van der Waals surface area contributed by atoms with Crippen molar-refractivity contribution in [1.29, 1.82) is 0 Å². The zero-order valence-electron chi connectivity index (χ0n) is 9.09. The highest BCUT2D eigenvalue weighted by Gasteiger charge is 2.29. The van der Waals surface area contributed by atoms with Crippen molar-refractivity contribution < 1.29 is 9.13 Å². The molecule has 0 bridgehead atoms. The molecule has 0 amide bonds. The Hall–Kier alpha value is -1.09. The van der Waals surface area contributed by atoms with Crippen molar-refractivity contribution in [2.75, 3.05) is 12.4 Å². The van der Waals surface area contributed by atoms with Crippen molar-refractivity contribution in [2.45, 2.75) is 31.9 Å². The van der Waals surface area contributed by atoms with Gasteiger partial charge in [0.05, 0.1) is 6.10 Å². The predicted octanol–water partition coefficient (Wildman–Crippen LogP) is 2.72. The van der Waals surface area contributed by atoms with Gasteiger partial charge < -0.3 is 10.1 Å². The SMILES string of the molecule is COC1CC(Nc2cccc(F)c2C)C1. The Balaban J connectivity index is 1.97. The number of ether oxygens (including phenoxy) is 1. The van der Waals surface area contributed by atoms with Crippen LogP contribution in [0.4, 0.5) is 10.1 Å². The normalized spacial score (nSPS) is 24.7. The van der Waals surface area contributed by atoms with E-state index >= 15 is 0 Å². The number of hydrogen-bond acceptors (Lipinski definition) is 2. The van der Waals surface area contributed by atoms with Crippen LogP contribution in [0.15, 0.2) is 18.2 Å². The minimum absolute atomic E-state index is 0.150. The van der Waals surface area contributed by atoms with Gasteiger partial charge in [-0.05, 0) is 31.9 Å². The number of rotatable bonds is 3. The third kappa shape index (κ3) is 2.12. The van der Waals surface area contributed by atoms with E-state index in [1.807, 2.05) is 6.07 Å². The lowest BCUT2D eigenvalue weighted by Gasteiger charge is -2.35. The van der Waals surface area contributed by atoms with Crippen LogP contribution in [0.5, 0.6) is 0 Å². The summed E-state index contributed by atoms with van der Waals surface area (Å²) in [6.45, 7) is 1.80. The molecule has 0 saturated heterocycles. The van der Waals surface area contributed by atoms with Gasteiger partial charge in [-0.1, -0.05) is 6.07 Å². The van der Waals surface area contributed by atoms with Gasteiger partial charge >= 0.3 is 0 Å². The fourth-order valence-corrected chi connectivity index (χ4v) is 1.86. The molecule has 0 atom stereocenters. The quantitative estimate of drug-likeness (QED) is 0.826. The third-order valence-electron chi connectivity index (χ3n) is 3.06. The Morgan fingerprint density at radius 2 is 2.13 bits per heavy atom. The van der Waals surface area contributed by atoms with Gasteiger partial charge in [-0.15, -0.1) is 0 Å². The predicted molar refractivity (Wildman–Crippen MR) is 58.6 cm³/mol. The van der Waals surface area contributed by atoms with Crippen molar-refractivity contribution in [1.82, 2.24) is 0 Å². The maximum Gasteiger partial charge on any atom is 0.128 e. The summed E-state index contributed by atoms with van der Waals surface area (Å²) < 4.78 is 18.4. The zero-order valence-corrected chi connectivity index (χ0v) is 9.09. The van der Waals surface area contributed by atoms with E-state index in [0.29, 0.717) is 17.7 Å². The summed E-state index contributed by atoms with van der Waals surface area (Å²) in [4.78, 5) is 0. The molecule has 0 unspecified atom stereocenters. The van der Waals surface area contributed by atoms with Crippen molar-refractivity contribution in [3.8, 4) is 0 Å². The number of anilines is 1. The molecule has 1 saturated carbocycles. The van der Waals surface area contributed by atoms with Gasteiger partial charge in [0.25, 0.3) is 0 Å². The van der Waals surface area contributed by atoms with Gasteiger partial charge in [0.2, 0.25) is 0 Å². The van der Waals surface area contributed by atoms with E-state index in [-0.39, 0.29) is 5.82 Å². The van der Waals surface area contributed by atoms with Crippen molar-refractivity contribution in [2.24, 2.45) is 0 Å². The standard InChI is InChI=1S/C12H16FNO/c1-8-11(13)4-3-5-12(8)14-9-6-10(7-9)15-2/h3-5,9-10,14H,6-7H2,1-2H3. The molecule has 0 radical (unpaired) electrons. The average Bonchev–Trinajstić information content (AvgIpc) is 2.17. The number of hydrogen-bond donors (Lipinski definition) is 1. The smallest absolute Gasteiger partial charge is 0.128 e. The molecule has 82 valence electrons. The van der Waals surface area contributed by atoms with Crippen LogP contribution in [-0.4, -0.2) is 19.3 Å². The lowest BCUT2D eigenvalue weighted by Crippen LogP contribution is -2.40. The Bertz CT molecular complexity index is 347. The molecule has 15 heavy (non-hydrogen) atoms. The Kier molecular flexibility index (Phi) is 2.91. The van der Waals surface area contributed by atoms with Gasteiger partial charge in [0, 0.05) is 24.4 Å². The van der Waals surface area contributed by atoms with Crippen LogP contribution < -0.4 is 5.32 Å². The summed E-state index contributed by atoms with van der Waals surface area (Å²) in [5.74, 6) is -0.150. The van der Waals surface area contributed by atoms with Crippen LogP contribution in [0.25, 0.3) is 0 Å². The fraction of sp³-hybridized carbons (Fsp3) is 0.500. The van der Waals surface area contributed by atoms with Crippen LogP contribution in [0.3, 0.4) is 0 Å². The molecule has 1 aliphatic carbocycles. The lowest BCUT2D eigenvalue weighted by molar-refractivity contribution is 0.0328. The summed E-state index contributed by atoms with van der Waals surface area (Å²) in [5, 5.41) is 3.33. The van der Waals surface area contributed by atoms with Crippen molar-refractivity contribution >= 4 is 5.69 Å². The van der Waals surface area contributed by atoms with Gasteiger partial charge in [-0.2, -0.15) is 0 Å². The molecule has 2 nitrogen and oxygen atoms in total. The van der Waals surface area contributed by atoms with Crippen molar-refractivity contribution in [3.05, 3.63) is 29.6 Å². The van der Waals surface area contributed by atoms with Gasteiger partial charge in [0.15, 0.2) is 0 Å². The van der Waals surface area contributed by atoms with Crippen LogP contribution in [0, 0.1) is 12.7 Å². The van der Waals surface area contributed by atoms with E-state index in [1.165, 1.54) is 6.07 Å². The van der Waals surface area contributed by atoms with Gasteiger partial charge in [-0.25, -0.2) is 4.39 Å². The van der Waals surface area contributed by atoms with E-state index < -0.39 is 0 Å². The van der Waals surface area contributed by atoms with E-state index in [1.54, 1.807) is 20.1 Å². The second-order valence-corrected chi connectivity index (χ2v) is 4.08. The number of nitrogens with one attached hydrogen (secondary N) is 1. The minimum Gasteiger partial charge on any atom is -0.382 e. The maximum atomic E-state index is 13.2. The molecule has 0 aromatic heterocycles. The van der Waals surface area contributed by atoms with Gasteiger partial charge in [0.1, 0.15) is 5.82 Å². The number of benzene rings is 1. The summed E-state index contributed by atoms with van der Waals surface area (Å²) in [6, 6.07) is 5.56. The van der Waals surface area contributed by atoms with Crippen LogP contribution >= 0.6 is 0 Å². The Morgan fingerprint density at radius 1 is 1.40 bits per heavy atom. The molecule has 0 aliphatic heterocycles. The molecular weight excluding hydrogens is 193 g/mol. The average molecular weight is 209 g/mol. The number of methoxy groups -OCH3 is 1. The van der Waals surface area contributed by atoms with Crippen LogP contribution in [0.1, 0.15) is 18.4 Å². The minimum atomic E-state index is -0.150. The Labute approximate surface area is 89.4 Å². The number of halogens is 1. The van der Waals surface area contributed by atoms with E-state index in [2.05, 4.69) is 5.32 Å². The highest BCUT2D eigenvalue weighted by Crippen LogP contribution is 2.28. The molecule has 0 heterocycles. The molecule has 1 aromatic carbocycles.